The Morgan fingerprint density at radius 3 is 2.29 bits per heavy atom. The van der Waals surface area contributed by atoms with Crippen LogP contribution in [0.3, 0.4) is 0 Å². The van der Waals surface area contributed by atoms with E-state index in [1.54, 1.807) is 0 Å². The Morgan fingerprint density at radius 2 is 1.68 bits per heavy atom. The summed E-state index contributed by atoms with van der Waals surface area (Å²) in [5, 5.41) is 16.6. The molecule has 1 aromatic carbocycles. The van der Waals surface area contributed by atoms with E-state index >= 15 is 0 Å². The van der Waals surface area contributed by atoms with Crippen molar-refractivity contribution in [3.05, 3.63) is 46.5 Å². The number of aliphatic imine (C=N–C) groups is 1. The molecule has 0 spiro atoms. The number of benzene rings is 1. The molecule has 2 aromatic rings. The lowest BCUT2D eigenvalue weighted by atomic mass is 10.0. The number of rotatable bonds is 6. The van der Waals surface area contributed by atoms with E-state index in [0.29, 0.717) is 18.6 Å². The van der Waals surface area contributed by atoms with Gasteiger partial charge in [0.25, 0.3) is 0 Å². The van der Waals surface area contributed by atoms with Crippen LogP contribution in [0.25, 0.3) is 0 Å². The van der Waals surface area contributed by atoms with E-state index in [9.17, 15) is 0 Å². The minimum atomic E-state index is 0.440. The van der Waals surface area contributed by atoms with Crippen LogP contribution in [0.1, 0.15) is 55.7 Å². The highest BCUT2D eigenvalue weighted by atomic mass is 35.5. The molecule has 8 heteroatoms. The summed E-state index contributed by atoms with van der Waals surface area (Å²) in [6.07, 6.45) is 7.28. The number of aryl methyl sites for hydroxylation is 1. The molecule has 0 bridgehead atoms. The standard InChI is InChI=1S/C23H34ClN7/c1-17-28-29-22(30(17)2)15-25-23(26-20-5-3-4-6-20)27-21-11-13-31(14-12-21)16-18-7-9-19(24)10-8-18/h7-10,20-21H,3-6,11-16H2,1-2H3,(H2,25,26,27). The van der Waals surface area contributed by atoms with Crippen molar-refractivity contribution in [3.8, 4) is 0 Å². The lowest BCUT2D eigenvalue weighted by Crippen LogP contribution is -2.50. The molecule has 7 nitrogen and oxygen atoms in total. The van der Waals surface area contributed by atoms with Crippen molar-refractivity contribution in [2.75, 3.05) is 13.1 Å². The van der Waals surface area contributed by atoms with Gasteiger partial charge in [0.15, 0.2) is 11.8 Å². The number of piperidine rings is 1. The Hall–Kier alpha value is -2.12. The van der Waals surface area contributed by atoms with E-state index in [1.807, 2.05) is 30.7 Å². The summed E-state index contributed by atoms with van der Waals surface area (Å²) in [6, 6.07) is 9.16. The third-order valence-electron chi connectivity index (χ3n) is 6.51. The first-order chi connectivity index (χ1) is 15.1. The molecule has 1 aliphatic heterocycles. The molecule has 4 rings (SSSR count). The molecule has 2 aliphatic rings. The van der Waals surface area contributed by atoms with Crippen LogP contribution in [0.4, 0.5) is 0 Å². The summed E-state index contributed by atoms with van der Waals surface area (Å²) >= 11 is 6.01. The van der Waals surface area contributed by atoms with Crippen LogP contribution in [0.5, 0.6) is 0 Å². The third kappa shape index (κ3) is 6.20. The van der Waals surface area contributed by atoms with Crippen LogP contribution >= 0.6 is 11.6 Å². The second-order valence-electron chi connectivity index (χ2n) is 8.83. The molecule has 0 unspecified atom stereocenters. The van der Waals surface area contributed by atoms with Crippen molar-refractivity contribution in [2.45, 2.75) is 70.6 Å². The van der Waals surface area contributed by atoms with Gasteiger partial charge in [-0.1, -0.05) is 36.6 Å². The molecule has 1 aliphatic carbocycles. The largest absolute Gasteiger partial charge is 0.354 e. The normalized spacial score (nSPS) is 19.1. The highest BCUT2D eigenvalue weighted by Crippen LogP contribution is 2.19. The van der Waals surface area contributed by atoms with Gasteiger partial charge < -0.3 is 15.2 Å². The predicted octanol–water partition coefficient (Wildman–Crippen LogP) is 3.42. The Labute approximate surface area is 190 Å². The van der Waals surface area contributed by atoms with Crippen LogP contribution in [-0.2, 0) is 20.1 Å². The Bertz CT molecular complexity index is 863. The Kier molecular flexibility index (Phi) is 7.45. The van der Waals surface area contributed by atoms with E-state index in [2.05, 4.69) is 37.9 Å². The summed E-state index contributed by atoms with van der Waals surface area (Å²) in [5.41, 5.74) is 1.32. The summed E-state index contributed by atoms with van der Waals surface area (Å²) in [5.74, 6) is 2.73. The number of hydrogen-bond donors (Lipinski definition) is 2. The highest BCUT2D eigenvalue weighted by Gasteiger charge is 2.22. The molecule has 1 aromatic heterocycles. The van der Waals surface area contributed by atoms with Gasteiger partial charge in [0, 0.05) is 43.8 Å². The third-order valence-corrected chi connectivity index (χ3v) is 6.76. The maximum atomic E-state index is 6.01. The van der Waals surface area contributed by atoms with E-state index in [4.69, 9.17) is 16.6 Å². The molecule has 1 saturated heterocycles. The summed E-state index contributed by atoms with van der Waals surface area (Å²) in [7, 11) is 1.99. The summed E-state index contributed by atoms with van der Waals surface area (Å²) in [4.78, 5) is 7.38. The van der Waals surface area contributed by atoms with Crippen LogP contribution in [0, 0.1) is 6.92 Å². The van der Waals surface area contributed by atoms with Crippen molar-refractivity contribution in [1.29, 1.82) is 0 Å². The lowest BCUT2D eigenvalue weighted by Gasteiger charge is -2.33. The van der Waals surface area contributed by atoms with Gasteiger partial charge in [-0.15, -0.1) is 10.2 Å². The fourth-order valence-corrected chi connectivity index (χ4v) is 4.54. The number of likely N-dealkylation sites (tertiary alicyclic amines) is 1. The highest BCUT2D eigenvalue weighted by molar-refractivity contribution is 6.30. The van der Waals surface area contributed by atoms with Crippen molar-refractivity contribution >= 4 is 17.6 Å². The molecular weight excluding hydrogens is 410 g/mol. The molecule has 1 saturated carbocycles. The fourth-order valence-electron chi connectivity index (χ4n) is 4.41. The summed E-state index contributed by atoms with van der Waals surface area (Å²) < 4.78 is 2.01. The van der Waals surface area contributed by atoms with E-state index < -0.39 is 0 Å². The van der Waals surface area contributed by atoms with Gasteiger partial charge in [-0.2, -0.15) is 0 Å². The summed E-state index contributed by atoms with van der Waals surface area (Å²) in [6.45, 7) is 5.65. The topological polar surface area (TPSA) is 70.4 Å². The number of nitrogens with zero attached hydrogens (tertiary/aromatic N) is 5. The maximum absolute atomic E-state index is 6.01. The smallest absolute Gasteiger partial charge is 0.192 e. The van der Waals surface area contributed by atoms with Gasteiger partial charge in [0.05, 0.1) is 0 Å². The van der Waals surface area contributed by atoms with Gasteiger partial charge >= 0.3 is 0 Å². The Morgan fingerprint density at radius 1 is 1.03 bits per heavy atom. The van der Waals surface area contributed by atoms with Crippen molar-refractivity contribution < 1.29 is 0 Å². The van der Waals surface area contributed by atoms with Gasteiger partial charge in [-0.3, -0.25) is 4.90 Å². The molecule has 31 heavy (non-hydrogen) atoms. The van der Waals surface area contributed by atoms with Crippen molar-refractivity contribution in [1.82, 2.24) is 30.3 Å². The minimum Gasteiger partial charge on any atom is -0.354 e. The first-order valence-electron chi connectivity index (χ1n) is 11.5. The number of aromatic nitrogens is 3. The number of hydrogen-bond acceptors (Lipinski definition) is 4. The molecule has 2 N–H and O–H groups in total. The molecule has 0 amide bonds. The van der Waals surface area contributed by atoms with Crippen LogP contribution < -0.4 is 10.6 Å². The van der Waals surface area contributed by atoms with E-state index in [0.717, 1.165) is 55.1 Å². The maximum Gasteiger partial charge on any atom is 0.192 e. The van der Waals surface area contributed by atoms with Crippen LogP contribution in [0.2, 0.25) is 5.02 Å². The second kappa shape index (κ2) is 10.5. The zero-order chi connectivity index (χ0) is 21.6. The molecule has 2 heterocycles. The van der Waals surface area contributed by atoms with Crippen molar-refractivity contribution in [2.24, 2.45) is 12.0 Å². The van der Waals surface area contributed by atoms with Crippen LogP contribution in [0.15, 0.2) is 29.3 Å². The molecule has 0 radical (unpaired) electrons. The zero-order valence-corrected chi connectivity index (χ0v) is 19.4. The SMILES string of the molecule is Cc1nnc(CN=C(NC2CCCC2)NC2CCN(Cc3ccc(Cl)cc3)CC2)n1C. The quantitative estimate of drug-likeness (QED) is 0.528. The predicted molar refractivity (Wildman–Crippen MR) is 125 cm³/mol. The van der Waals surface area contributed by atoms with Gasteiger partial charge in [-0.05, 0) is 50.3 Å². The second-order valence-corrected chi connectivity index (χ2v) is 9.27. The fraction of sp³-hybridized carbons (Fsp3) is 0.609. The first kappa shape index (κ1) is 22.1. The lowest BCUT2D eigenvalue weighted by molar-refractivity contribution is 0.198. The van der Waals surface area contributed by atoms with E-state index in [-0.39, 0.29) is 0 Å². The van der Waals surface area contributed by atoms with Gasteiger partial charge in [-0.25, -0.2) is 4.99 Å². The Balaban J connectivity index is 1.32. The first-order valence-corrected chi connectivity index (χ1v) is 11.8. The monoisotopic (exact) mass is 443 g/mol. The average molecular weight is 444 g/mol. The number of guanidine groups is 1. The number of halogens is 1. The molecular formula is C23H34ClN7. The number of nitrogens with one attached hydrogen (secondary N) is 2. The van der Waals surface area contributed by atoms with Gasteiger partial charge in [0.2, 0.25) is 0 Å². The molecule has 0 atom stereocenters. The molecule has 168 valence electrons. The van der Waals surface area contributed by atoms with Crippen LogP contribution in [-0.4, -0.2) is 50.8 Å². The van der Waals surface area contributed by atoms with Crippen molar-refractivity contribution in [3.63, 3.8) is 0 Å². The minimum absolute atomic E-state index is 0.440. The van der Waals surface area contributed by atoms with E-state index in [1.165, 1.54) is 31.2 Å². The zero-order valence-electron chi connectivity index (χ0n) is 18.6. The van der Waals surface area contributed by atoms with Gasteiger partial charge in [0.1, 0.15) is 12.4 Å². The average Bonchev–Trinajstić information content (AvgIpc) is 3.40. The molecule has 2 fully saturated rings.